The maximum absolute atomic E-state index is 5.67. The van der Waals surface area contributed by atoms with Crippen LogP contribution >= 0.6 is 12.2 Å². The predicted molar refractivity (Wildman–Crippen MR) is 84.1 cm³/mol. The van der Waals surface area contributed by atoms with Crippen molar-refractivity contribution in [2.45, 2.75) is 20.8 Å². The summed E-state index contributed by atoms with van der Waals surface area (Å²) in [5, 5.41) is 3.32. The normalized spacial score (nSPS) is 10.3. The van der Waals surface area contributed by atoms with Crippen LogP contribution in [0.2, 0.25) is 0 Å². The summed E-state index contributed by atoms with van der Waals surface area (Å²) in [6.07, 6.45) is 0. The number of nitrogens with zero attached hydrogens (tertiary/aromatic N) is 1. The minimum Gasteiger partial charge on any atom is -0.389 e. The number of nitrogens with two attached hydrogens (primary N) is 1. The van der Waals surface area contributed by atoms with E-state index >= 15 is 0 Å². The molecule has 0 amide bonds. The van der Waals surface area contributed by atoms with Gasteiger partial charge in [-0.05, 0) is 50.1 Å². The number of aromatic nitrogens is 1. The first-order valence-electron chi connectivity index (χ1n) is 6.08. The number of hydrogen-bond acceptors (Lipinski definition) is 3. The first-order valence-corrected chi connectivity index (χ1v) is 6.49. The van der Waals surface area contributed by atoms with Crippen molar-refractivity contribution in [2.24, 2.45) is 5.73 Å². The third-order valence-electron chi connectivity index (χ3n) is 2.89. The molecule has 0 saturated heterocycles. The SMILES string of the molecule is Cc1ccc(C)c(Nc2cc(C(N)=S)cc(C)n2)c1. The lowest BCUT2D eigenvalue weighted by Gasteiger charge is -2.11. The Morgan fingerprint density at radius 1 is 1.16 bits per heavy atom. The molecule has 1 aromatic carbocycles. The number of aryl methyl sites for hydroxylation is 3. The fraction of sp³-hybridized carbons (Fsp3) is 0.200. The maximum atomic E-state index is 5.67. The highest BCUT2D eigenvalue weighted by Gasteiger charge is 2.05. The Balaban J connectivity index is 2.38. The monoisotopic (exact) mass is 271 g/mol. The van der Waals surface area contributed by atoms with Gasteiger partial charge in [0, 0.05) is 16.9 Å². The number of hydrogen-bond donors (Lipinski definition) is 2. The van der Waals surface area contributed by atoms with Crippen molar-refractivity contribution in [3.05, 3.63) is 52.7 Å². The van der Waals surface area contributed by atoms with E-state index in [4.69, 9.17) is 18.0 Å². The lowest BCUT2D eigenvalue weighted by atomic mass is 10.1. The molecule has 3 nitrogen and oxygen atoms in total. The number of anilines is 2. The van der Waals surface area contributed by atoms with Gasteiger partial charge in [-0.2, -0.15) is 0 Å². The molecule has 0 atom stereocenters. The highest BCUT2D eigenvalue weighted by Crippen LogP contribution is 2.21. The summed E-state index contributed by atoms with van der Waals surface area (Å²) in [6, 6.07) is 10.0. The molecule has 2 rings (SSSR count). The van der Waals surface area contributed by atoms with Crippen molar-refractivity contribution >= 4 is 28.7 Å². The van der Waals surface area contributed by atoms with E-state index in [1.165, 1.54) is 11.1 Å². The molecule has 0 bridgehead atoms. The van der Waals surface area contributed by atoms with Crippen molar-refractivity contribution in [2.75, 3.05) is 5.32 Å². The van der Waals surface area contributed by atoms with E-state index in [1.54, 1.807) is 0 Å². The molecule has 0 aliphatic rings. The van der Waals surface area contributed by atoms with Crippen LogP contribution in [0.25, 0.3) is 0 Å². The maximum Gasteiger partial charge on any atom is 0.131 e. The second-order valence-electron chi connectivity index (χ2n) is 4.69. The Kier molecular flexibility index (Phi) is 3.81. The van der Waals surface area contributed by atoms with Crippen LogP contribution in [0, 0.1) is 20.8 Å². The van der Waals surface area contributed by atoms with Crippen LogP contribution in [0.5, 0.6) is 0 Å². The molecule has 0 fully saturated rings. The molecule has 0 aliphatic heterocycles. The van der Waals surface area contributed by atoms with E-state index in [0.29, 0.717) is 4.99 Å². The van der Waals surface area contributed by atoms with Crippen LogP contribution in [0.4, 0.5) is 11.5 Å². The van der Waals surface area contributed by atoms with Crippen molar-refractivity contribution < 1.29 is 0 Å². The number of thiocarbonyl (C=S) groups is 1. The van der Waals surface area contributed by atoms with Crippen molar-refractivity contribution in [1.82, 2.24) is 4.98 Å². The molecule has 4 heteroatoms. The van der Waals surface area contributed by atoms with Gasteiger partial charge in [0.1, 0.15) is 10.8 Å². The minimum absolute atomic E-state index is 0.384. The number of benzene rings is 1. The summed E-state index contributed by atoms with van der Waals surface area (Å²) in [5.41, 5.74) is 10.8. The van der Waals surface area contributed by atoms with E-state index in [-0.39, 0.29) is 0 Å². The van der Waals surface area contributed by atoms with Gasteiger partial charge in [0.2, 0.25) is 0 Å². The summed E-state index contributed by atoms with van der Waals surface area (Å²) in [4.78, 5) is 4.84. The Bertz CT molecular complexity index is 635. The molecular formula is C15H17N3S. The molecule has 0 radical (unpaired) electrons. The van der Waals surface area contributed by atoms with Crippen LogP contribution in [0.15, 0.2) is 30.3 Å². The summed E-state index contributed by atoms with van der Waals surface area (Å²) in [7, 11) is 0. The first kappa shape index (κ1) is 13.5. The van der Waals surface area contributed by atoms with Gasteiger partial charge in [-0.3, -0.25) is 0 Å². The van der Waals surface area contributed by atoms with Crippen LogP contribution in [0.3, 0.4) is 0 Å². The van der Waals surface area contributed by atoms with E-state index in [1.807, 2.05) is 19.1 Å². The van der Waals surface area contributed by atoms with E-state index in [0.717, 1.165) is 22.8 Å². The summed E-state index contributed by atoms with van der Waals surface area (Å²) in [5.74, 6) is 0.761. The van der Waals surface area contributed by atoms with E-state index in [2.05, 4.69) is 42.3 Å². The van der Waals surface area contributed by atoms with Gasteiger partial charge in [-0.1, -0.05) is 24.4 Å². The van der Waals surface area contributed by atoms with E-state index < -0.39 is 0 Å². The van der Waals surface area contributed by atoms with Crippen molar-refractivity contribution in [3.63, 3.8) is 0 Å². The van der Waals surface area contributed by atoms with E-state index in [9.17, 15) is 0 Å². The smallest absolute Gasteiger partial charge is 0.131 e. The second-order valence-corrected chi connectivity index (χ2v) is 5.13. The van der Waals surface area contributed by atoms with Gasteiger partial charge in [0.05, 0.1) is 0 Å². The molecule has 0 unspecified atom stereocenters. The molecule has 0 aliphatic carbocycles. The highest BCUT2D eigenvalue weighted by molar-refractivity contribution is 7.80. The van der Waals surface area contributed by atoms with Gasteiger partial charge in [0.25, 0.3) is 0 Å². The third-order valence-corrected chi connectivity index (χ3v) is 3.13. The lowest BCUT2D eigenvalue weighted by Crippen LogP contribution is -2.11. The molecule has 3 N–H and O–H groups in total. The fourth-order valence-electron chi connectivity index (χ4n) is 1.88. The quantitative estimate of drug-likeness (QED) is 0.840. The zero-order chi connectivity index (χ0) is 14.0. The molecule has 1 heterocycles. The second kappa shape index (κ2) is 5.36. The molecule has 0 saturated carbocycles. The third kappa shape index (κ3) is 3.29. The Labute approximate surface area is 118 Å². The van der Waals surface area contributed by atoms with Crippen LogP contribution in [-0.2, 0) is 0 Å². The van der Waals surface area contributed by atoms with Crippen molar-refractivity contribution in [3.8, 4) is 0 Å². The molecule has 1 aromatic heterocycles. The van der Waals surface area contributed by atoms with Gasteiger partial charge < -0.3 is 11.1 Å². The van der Waals surface area contributed by atoms with Gasteiger partial charge in [-0.15, -0.1) is 0 Å². The molecule has 2 aromatic rings. The number of nitrogens with one attached hydrogen (secondary N) is 1. The van der Waals surface area contributed by atoms with Crippen LogP contribution in [-0.4, -0.2) is 9.97 Å². The summed E-state index contributed by atoms with van der Waals surface area (Å²) < 4.78 is 0. The molecular weight excluding hydrogens is 254 g/mol. The van der Waals surface area contributed by atoms with Crippen molar-refractivity contribution in [1.29, 1.82) is 0 Å². The average Bonchev–Trinajstić information content (AvgIpc) is 2.33. The number of pyridine rings is 1. The zero-order valence-corrected chi connectivity index (χ0v) is 12.1. The first-order chi connectivity index (χ1) is 8.95. The zero-order valence-electron chi connectivity index (χ0n) is 11.3. The standard InChI is InChI=1S/C15H17N3S/c1-9-4-5-10(2)13(6-9)18-14-8-12(15(16)19)7-11(3)17-14/h4-8H,1-3H3,(H2,16,19)(H,17,18). The molecule has 0 spiro atoms. The Morgan fingerprint density at radius 3 is 2.58 bits per heavy atom. The van der Waals surface area contributed by atoms with Gasteiger partial charge in [0.15, 0.2) is 0 Å². The lowest BCUT2D eigenvalue weighted by molar-refractivity contribution is 1.19. The van der Waals surface area contributed by atoms with Gasteiger partial charge in [-0.25, -0.2) is 4.98 Å². The fourth-order valence-corrected chi connectivity index (χ4v) is 2.00. The molecule has 98 valence electrons. The minimum atomic E-state index is 0.384. The predicted octanol–water partition coefficient (Wildman–Crippen LogP) is 3.38. The van der Waals surface area contributed by atoms with Crippen LogP contribution < -0.4 is 11.1 Å². The Hall–Kier alpha value is -1.94. The number of rotatable bonds is 3. The topological polar surface area (TPSA) is 50.9 Å². The summed E-state index contributed by atoms with van der Waals surface area (Å²) >= 11 is 5.01. The average molecular weight is 271 g/mol. The summed E-state index contributed by atoms with van der Waals surface area (Å²) in [6.45, 7) is 6.05. The Morgan fingerprint density at radius 2 is 1.89 bits per heavy atom. The van der Waals surface area contributed by atoms with Crippen LogP contribution in [0.1, 0.15) is 22.4 Å². The largest absolute Gasteiger partial charge is 0.389 e. The van der Waals surface area contributed by atoms with Gasteiger partial charge >= 0.3 is 0 Å². The highest BCUT2D eigenvalue weighted by atomic mass is 32.1. The molecule has 19 heavy (non-hydrogen) atoms.